The Bertz CT molecular complexity index is 1340. The van der Waals surface area contributed by atoms with Crippen LogP contribution in [-0.4, -0.2) is 69.8 Å². The molecule has 0 bridgehead atoms. The van der Waals surface area contributed by atoms with E-state index in [4.69, 9.17) is 37.9 Å². The molecule has 0 amide bonds. The summed E-state index contributed by atoms with van der Waals surface area (Å²) in [6, 6.07) is 0. The van der Waals surface area contributed by atoms with Crippen LogP contribution in [0.3, 0.4) is 0 Å². The summed E-state index contributed by atoms with van der Waals surface area (Å²) in [5, 5.41) is 0. The molecule has 0 rings (SSSR count). The maximum absolute atomic E-state index is 12.1. The van der Waals surface area contributed by atoms with E-state index >= 15 is 0 Å². The standard InChI is InChI=1S/C69H128O14/c1-3-5-7-9-11-13-15-19-25-31-39-45-51-57-66(72)80-62-82-68(74)76-59-53-47-41-35-29-23-17-21-27-33-37-43-49-55-64(70)78-61-79-65(71)56-50-44-38-34-28-22-18-24-30-36-42-48-54-60-77-69(75)83-63-81-67(73)58-52-46-40-32-26-20-16-14-12-10-8-6-4-2/h3-63H2,1-2H3. The van der Waals surface area contributed by atoms with Crippen LogP contribution in [0.1, 0.15) is 373 Å². The monoisotopic (exact) mass is 1180 g/mol. The summed E-state index contributed by atoms with van der Waals surface area (Å²) in [4.78, 5) is 71.5. The van der Waals surface area contributed by atoms with Gasteiger partial charge in [0.1, 0.15) is 0 Å². The summed E-state index contributed by atoms with van der Waals surface area (Å²) in [6.07, 6.45) is 60.9. The molecule has 0 aromatic heterocycles. The van der Waals surface area contributed by atoms with Gasteiger partial charge in [-0.05, 0) is 38.5 Å². The summed E-state index contributed by atoms with van der Waals surface area (Å²) in [7, 11) is 0. The van der Waals surface area contributed by atoms with Crippen molar-refractivity contribution in [2.24, 2.45) is 0 Å². The molecule has 0 saturated heterocycles. The van der Waals surface area contributed by atoms with Crippen molar-refractivity contribution >= 4 is 36.2 Å². The molecule has 0 N–H and O–H groups in total. The lowest BCUT2D eigenvalue weighted by Gasteiger charge is -2.07. The lowest BCUT2D eigenvalue weighted by molar-refractivity contribution is -0.167. The largest absolute Gasteiger partial charge is 0.511 e. The van der Waals surface area contributed by atoms with Crippen molar-refractivity contribution in [2.45, 2.75) is 373 Å². The SMILES string of the molecule is CCCCCCCCCCCCCCCC(=O)OCOC(=O)OCCCCCCCCCCCCCCCC(=O)OCOC(=O)CCCCCCCCCCCCCCCOC(=O)OCOC(=O)CCCCCCCCCCCCCCC. The molecular formula is C69H128O14. The van der Waals surface area contributed by atoms with Crippen LogP contribution in [0.4, 0.5) is 9.59 Å². The predicted molar refractivity (Wildman–Crippen MR) is 334 cm³/mol. The predicted octanol–water partition coefficient (Wildman–Crippen LogP) is 21.2. The second-order valence-corrected chi connectivity index (χ2v) is 23.6. The van der Waals surface area contributed by atoms with E-state index in [-0.39, 0.29) is 30.7 Å². The minimum absolute atomic E-state index is 0.297. The molecule has 83 heavy (non-hydrogen) atoms. The Balaban J connectivity index is 3.36. The van der Waals surface area contributed by atoms with Gasteiger partial charge in [-0.1, -0.05) is 309 Å². The summed E-state index contributed by atoms with van der Waals surface area (Å²) in [6.45, 7) is 4.05. The molecule has 0 radical (unpaired) electrons. The first-order valence-electron chi connectivity index (χ1n) is 35.0. The quantitative estimate of drug-likeness (QED) is 0.0243. The lowest BCUT2D eigenvalue weighted by Crippen LogP contribution is -2.14. The average Bonchev–Trinajstić information content (AvgIpc) is 3.47. The van der Waals surface area contributed by atoms with Crippen LogP contribution in [0.2, 0.25) is 0 Å². The zero-order valence-corrected chi connectivity index (χ0v) is 53.8. The molecule has 0 unspecified atom stereocenters. The summed E-state index contributed by atoms with van der Waals surface area (Å²) < 4.78 is 40.3. The first kappa shape index (κ1) is 79.4. The highest BCUT2D eigenvalue weighted by Crippen LogP contribution is 2.18. The van der Waals surface area contributed by atoms with E-state index in [1.54, 1.807) is 0 Å². The van der Waals surface area contributed by atoms with Gasteiger partial charge in [0.05, 0.1) is 13.2 Å². The minimum Gasteiger partial charge on any atom is -0.434 e. The first-order chi connectivity index (χ1) is 40.8. The normalized spacial score (nSPS) is 11.1. The van der Waals surface area contributed by atoms with E-state index in [0.717, 1.165) is 116 Å². The Labute approximate surface area is 507 Å². The third kappa shape index (κ3) is 67.4. The molecule has 488 valence electrons. The molecule has 0 heterocycles. The van der Waals surface area contributed by atoms with Crippen LogP contribution >= 0.6 is 0 Å². The third-order valence-electron chi connectivity index (χ3n) is 15.7. The van der Waals surface area contributed by atoms with Crippen LogP contribution in [0, 0.1) is 0 Å². The van der Waals surface area contributed by atoms with Crippen LogP contribution in [0.25, 0.3) is 0 Å². The topological polar surface area (TPSA) is 176 Å². The maximum atomic E-state index is 12.1. The second-order valence-electron chi connectivity index (χ2n) is 23.6. The fourth-order valence-electron chi connectivity index (χ4n) is 10.3. The number of rotatable bonds is 66. The van der Waals surface area contributed by atoms with Gasteiger partial charge < -0.3 is 37.9 Å². The van der Waals surface area contributed by atoms with Gasteiger partial charge >= 0.3 is 36.2 Å². The molecule has 0 spiro atoms. The van der Waals surface area contributed by atoms with Crippen molar-refractivity contribution in [1.29, 1.82) is 0 Å². The number of unbranched alkanes of at least 4 members (excludes halogenated alkanes) is 48. The number of ether oxygens (including phenoxy) is 8. The second kappa shape index (κ2) is 67.5. The third-order valence-corrected chi connectivity index (χ3v) is 15.7. The molecule has 0 aromatic rings. The fraction of sp³-hybridized carbons (Fsp3) is 0.913. The van der Waals surface area contributed by atoms with E-state index < -0.39 is 25.9 Å². The van der Waals surface area contributed by atoms with Crippen LogP contribution in [-0.2, 0) is 57.1 Å². The van der Waals surface area contributed by atoms with Crippen LogP contribution in [0.5, 0.6) is 0 Å². The molecule has 0 aliphatic carbocycles. The van der Waals surface area contributed by atoms with Crippen LogP contribution in [0.15, 0.2) is 0 Å². The molecule has 14 nitrogen and oxygen atoms in total. The number of hydrogen-bond acceptors (Lipinski definition) is 14. The molecule has 0 atom stereocenters. The van der Waals surface area contributed by atoms with E-state index in [1.165, 1.54) is 218 Å². The van der Waals surface area contributed by atoms with Crippen molar-refractivity contribution in [1.82, 2.24) is 0 Å². The Kier molecular flexibility index (Phi) is 64.6. The van der Waals surface area contributed by atoms with Gasteiger partial charge in [0.15, 0.2) is 0 Å². The maximum Gasteiger partial charge on any atom is 0.511 e. The summed E-state index contributed by atoms with van der Waals surface area (Å²) in [5.41, 5.74) is 0. The van der Waals surface area contributed by atoms with Gasteiger partial charge in [-0.25, -0.2) is 9.59 Å². The number of carbonyl (C=O) groups is 6. The van der Waals surface area contributed by atoms with E-state index in [1.807, 2.05) is 0 Å². The fourth-order valence-corrected chi connectivity index (χ4v) is 10.3. The van der Waals surface area contributed by atoms with Crippen molar-refractivity contribution in [3.05, 3.63) is 0 Å². The van der Waals surface area contributed by atoms with Gasteiger partial charge in [0, 0.05) is 25.7 Å². The summed E-state index contributed by atoms with van der Waals surface area (Å²) >= 11 is 0. The average molecular weight is 1180 g/mol. The van der Waals surface area contributed by atoms with E-state index in [0.29, 0.717) is 38.9 Å². The molecule has 0 aromatic carbocycles. The molecule has 0 fully saturated rings. The minimum atomic E-state index is -0.790. The zero-order valence-electron chi connectivity index (χ0n) is 53.8. The van der Waals surface area contributed by atoms with Gasteiger partial charge in [-0.2, -0.15) is 0 Å². The zero-order chi connectivity index (χ0) is 60.3. The van der Waals surface area contributed by atoms with E-state index in [9.17, 15) is 28.8 Å². The highest BCUT2D eigenvalue weighted by atomic mass is 16.8. The smallest absolute Gasteiger partial charge is 0.434 e. The van der Waals surface area contributed by atoms with Gasteiger partial charge in [-0.15, -0.1) is 0 Å². The lowest BCUT2D eigenvalue weighted by atomic mass is 10.0. The Morgan fingerprint density at radius 2 is 0.337 bits per heavy atom. The Hall–Kier alpha value is -3.58. The number of carbonyl (C=O) groups excluding carboxylic acids is 6. The Morgan fingerprint density at radius 1 is 0.181 bits per heavy atom. The molecule has 14 heteroatoms. The first-order valence-corrected chi connectivity index (χ1v) is 35.0. The molecule has 0 aliphatic heterocycles. The Morgan fingerprint density at radius 3 is 0.530 bits per heavy atom. The molecular weight excluding hydrogens is 1050 g/mol. The van der Waals surface area contributed by atoms with Crippen molar-refractivity contribution in [2.75, 3.05) is 33.6 Å². The van der Waals surface area contributed by atoms with Crippen LogP contribution < -0.4 is 0 Å². The number of hydrogen-bond donors (Lipinski definition) is 0. The van der Waals surface area contributed by atoms with Gasteiger partial charge in [-0.3, -0.25) is 19.2 Å². The number of esters is 4. The van der Waals surface area contributed by atoms with Crippen molar-refractivity contribution < 1.29 is 66.7 Å². The summed E-state index contributed by atoms with van der Waals surface area (Å²) in [5.74, 6) is -1.30. The highest BCUT2D eigenvalue weighted by molar-refractivity contribution is 5.71. The van der Waals surface area contributed by atoms with Crippen molar-refractivity contribution in [3.63, 3.8) is 0 Å². The molecule has 0 aliphatic rings. The van der Waals surface area contributed by atoms with E-state index in [2.05, 4.69) is 13.8 Å². The van der Waals surface area contributed by atoms with Gasteiger partial charge in [0.25, 0.3) is 0 Å². The van der Waals surface area contributed by atoms with Crippen molar-refractivity contribution in [3.8, 4) is 0 Å². The van der Waals surface area contributed by atoms with Gasteiger partial charge in [0.2, 0.25) is 20.4 Å². The molecule has 0 saturated carbocycles. The highest BCUT2D eigenvalue weighted by Gasteiger charge is 2.11.